The van der Waals surface area contributed by atoms with Crippen LogP contribution in [0, 0.1) is 0 Å². The maximum Gasteiger partial charge on any atom is 0.223 e. The molecule has 0 aliphatic carbocycles. The van der Waals surface area contributed by atoms with E-state index in [1.165, 1.54) is 0 Å². The molecule has 0 aromatic rings. The van der Waals surface area contributed by atoms with Crippen LogP contribution >= 0.6 is 0 Å². The molecule has 80 valence electrons. The van der Waals surface area contributed by atoms with Gasteiger partial charge in [0.25, 0.3) is 0 Å². The van der Waals surface area contributed by atoms with Gasteiger partial charge in [0.05, 0.1) is 0 Å². The largest absolute Gasteiger partial charge is 0.335 e. The standard InChI is InChI=1S/C11H20N2O/c1-4-8-13(9-5-2)11(14)7-6-10(3)12/h4-5,10H,1-2,6-9,12H2,3H3. The Hall–Kier alpha value is -1.09. The third kappa shape index (κ3) is 5.54. The highest BCUT2D eigenvalue weighted by molar-refractivity contribution is 5.76. The summed E-state index contributed by atoms with van der Waals surface area (Å²) in [5, 5.41) is 0. The highest BCUT2D eigenvalue weighted by atomic mass is 16.2. The lowest BCUT2D eigenvalue weighted by molar-refractivity contribution is -0.130. The topological polar surface area (TPSA) is 46.3 Å². The van der Waals surface area contributed by atoms with Crippen LogP contribution in [0.1, 0.15) is 19.8 Å². The number of carbonyl (C=O) groups excluding carboxylic acids is 1. The van der Waals surface area contributed by atoms with Crippen molar-refractivity contribution in [3.05, 3.63) is 25.3 Å². The Balaban J connectivity index is 4.00. The number of hydrogen-bond acceptors (Lipinski definition) is 2. The molecular weight excluding hydrogens is 176 g/mol. The van der Waals surface area contributed by atoms with Gasteiger partial charge in [-0.05, 0) is 13.3 Å². The molecule has 0 aromatic heterocycles. The summed E-state index contributed by atoms with van der Waals surface area (Å²) in [6, 6.07) is 0.0771. The lowest BCUT2D eigenvalue weighted by Crippen LogP contribution is -2.32. The van der Waals surface area contributed by atoms with Crippen molar-refractivity contribution < 1.29 is 4.79 Å². The Labute approximate surface area is 86.3 Å². The summed E-state index contributed by atoms with van der Waals surface area (Å²) in [6.07, 6.45) is 4.66. The molecule has 0 radical (unpaired) electrons. The fourth-order valence-electron chi connectivity index (χ4n) is 1.10. The van der Waals surface area contributed by atoms with E-state index in [2.05, 4.69) is 13.2 Å². The second-order valence-corrected chi connectivity index (χ2v) is 3.39. The molecule has 1 atom stereocenters. The minimum Gasteiger partial charge on any atom is -0.335 e. The predicted molar refractivity (Wildman–Crippen MR) is 59.9 cm³/mol. The third-order valence-corrected chi connectivity index (χ3v) is 1.87. The number of rotatable bonds is 7. The Bertz CT molecular complexity index is 189. The molecule has 0 aliphatic rings. The van der Waals surface area contributed by atoms with Gasteiger partial charge in [-0.15, -0.1) is 13.2 Å². The Kier molecular flexibility index (Phi) is 6.76. The molecule has 0 saturated carbocycles. The minimum atomic E-state index is 0.0771. The second kappa shape index (κ2) is 7.33. The molecule has 0 rings (SSSR count). The zero-order chi connectivity index (χ0) is 11.0. The van der Waals surface area contributed by atoms with Gasteiger partial charge in [-0.25, -0.2) is 0 Å². The Morgan fingerprint density at radius 2 is 1.93 bits per heavy atom. The van der Waals surface area contributed by atoms with E-state index in [0.717, 1.165) is 6.42 Å². The SMILES string of the molecule is C=CCN(CC=C)C(=O)CCC(C)N. The average Bonchev–Trinajstić information content (AvgIpc) is 2.14. The van der Waals surface area contributed by atoms with Gasteiger partial charge >= 0.3 is 0 Å². The molecule has 0 heterocycles. The first-order valence-corrected chi connectivity index (χ1v) is 4.87. The van der Waals surface area contributed by atoms with Crippen LogP contribution in [0.2, 0.25) is 0 Å². The third-order valence-electron chi connectivity index (χ3n) is 1.87. The van der Waals surface area contributed by atoms with Gasteiger partial charge in [0.15, 0.2) is 0 Å². The summed E-state index contributed by atoms with van der Waals surface area (Å²) >= 11 is 0. The molecule has 0 aromatic carbocycles. The van der Waals surface area contributed by atoms with E-state index >= 15 is 0 Å². The van der Waals surface area contributed by atoms with Gasteiger partial charge in [0.2, 0.25) is 5.91 Å². The maximum atomic E-state index is 11.6. The molecule has 0 spiro atoms. The lowest BCUT2D eigenvalue weighted by atomic mass is 10.2. The predicted octanol–water partition coefficient (Wildman–Crippen LogP) is 1.31. The van der Waals surface area contributed by atoms with Gasteiger partial charge in [0.1, 0.15) is 0 Å². The summed E-state index contributed by atoms with van der Waals surface area (Å²) in [5.41, 5.74) is 5.58. The van der Waals surface area contributed by atoms with Crippen LogP contribution in [0.15, 0.2) is 25.3 Å². The molecule has 3 nitrogen and oxygen atoms in total. The number of hydrogen-bond donors (Lipinski definition) is 1. The normalized spacial score (nSPS) is 11.9. The summed E-state index contributed by atoms with van der Waals surface area (Å²) in [5.74, 6) is 0.113. The molecule has 14 heavy (non-hydrogen) atoms. The van der Waals surface area contributed by atoms with Crippen LogP contribution < -0.4 is 5.73 Å². The molecule has 0 fully saturated rings. The van der Waals surface area contributed by atoms with Crippen molar-refractivity contribution in [2.75, 3.05) is 13.1 Å². The van der Waals surface area contributed by atoms with Crippen LogP contribution in [0.4, 0.5) is 0 Å². The smallest absolute Gasteiger partial charge is 0.223 e. The summed E-state index contributed by atoms with van der Waals surface area (Å²) in [6.45, 7) is 10.3. The molecule has 3 heteroatoms. The zero-order valence-electron chi connectivity index (χ0n) is 8.91. The molecule has 0 saturated heterocycles. The van der Waals surface area contributed by atoms with Crippen LogP contribution in [-0.4, -0.2) is 29.9 Å². The summed E-state index contributed by atoms with van der Waals surface area (Å²) < 4.78 is 0. The summed E-state index contributed by atoms with van der Waals surface area (Å²) in [7, 11) is 0. The van der Waals surface area contributed by atoms with E-state index in [-0.39, 0.29) is 11.9 Å². The van der Waals surface area contributed by atoms with Gasteiger partial charge < -0.3 is 10.6 Å². The summed E-state index contributed by atoms with van der Waals surface area (Å²) in [4.78, 5) is 13.3. The number of carbonyl (C=O) groups is 1. The first-order valence-electron chi connectivity index (χ1n) is 4.87. The van der Waals surface area contributed by atoms with Gasteiger partial charge in [0, 0.05) is 25.6 Å². The fourth-order valence-corrected chi connectivity index (χ4v) is 1.10. The van der Waals surface area contributed by atoms with Crippen molar-refractivity contribution >= 4 is 5.91 Å². The van der Waals surface area contributed by atoms with Crippen LogP contribution in [0.25, 0.3) is 0 Å². The fraction of sp³-hybridized carbons (Fsp3) is 0.545. The van der Waals surface area contributed by atoms with Crippen molar-refractivity contribution in [1.82, 2.24) is 4.90 Å². The van der Waals surface area contributed by atoms with Crippen molar-refractivity contribution in [1.29, 1.82) is 0 Å². The van der Waals surface area contributed by atoms with E-state index in [0.29, 0.717) is 19.5 Å². The lowest BCUT2D eigenvalue weighted by Gasteiger charge is -2.19. The minimum absolute atomic E-state index is 0.0771. The maximum absolute atomic E-state index is 11.6. The van der Waals surface area contributed by atoms with Crippen LogP contribution in [-0.2, 0) is 4.79 Å². The quantitative estimate of drug-likeness (QED) is 0.624. The van der Waals surface area contributed by atoms with Crippen LogP contribution in [0.3, 0.4) is 0 Å². The van der Waals surface area contributed by atoms with Crippen LogP contribution in [0.5, 0.6) is 0 Å². The monoisotopic (exact) mass is 196 g/mol. The van der Waals surface area contributed by atoms with E-state index in [1.54, 1.807) is 17.1 Å². The second-order valence-electron chi connectivity index (χ2n) is 3.39. The molecule has 1 unspecified atom stereocenters. The van der Waals surface area contributed by atoms with Gasteiger partial charge in [-0.1, -0.05) is 12.2 Å². The first kappa shape index (κ1) is 12.9. The first-order chi connectivity index (χ1) is 6.61. The van der Waals surface area contributed by atoms with Gasteiger partial charge in [-0.3, -0.25) is 4.79 Å². The van der Waals surface area contributed by atoms with E-state index in [9.17, 15) is 4.79 Å². The van der Waals surface area contributed by atoms with E-state index in [1.807, 2.05) is 6.92 Å². The van der Waals surface area contributed by atoms with E-state index < -0.39 is 0 Å². The number of nitrogens with zero attached hydrogens (tertiary/aromatic N) is 1. The van der Waals surface area contributed by atoms with Gasteiger partial charge in [-0.2, -0.15) is 0 Å². The number of amides is 1. The highest BCUT2D eigenvalue weighted by Gasteiger charge is 2.10. The Morgan fingerprint density at radius 1 is 1.43 bits per heavy atom. The van der Waals surface area contributed by atoms with Crippen molar-refractivity contribution in [2.45, 2.75) is 25.8 Å². The molecule has 1 amide bonds. The van der Waals surface area contributed by atoms with Crippen molar-refractivity contribution in [2.24, 2.45) is 5.73 Å². The van der Waals surface area contributed by atoms with Crippen molar-refractivity contribution in [3.63, 3.8) is 0 Å². The number of nitrogens with two attached hydrogens (primary N) is 1. The van der Waals surface area contributed by atoms with E-state index in [4.69, 9.17) is 5.73 Å². The molecule has 0 bridgehead atoms. The molecular formula is C11H20N2O. The highest BCUT2D eigenvalue weighted by Crippen LogP contribution is 2.00. The molecule has 0 aliphatic heterocycles. The zero-order valence-corrected chi connectivity index (χ0v) is 8.91. The average molecular weight is 196 g/mol. The van der Waals surface area contributed by atoms with Crippen molar-refractivity contribution in [3.8, 4) is 0 Å². The Morgan fingerprint density at radius 3 is 2.29 bits per heavy atom. The molecule has 2 N–H and O–H groups in total.